The number of thioether (sulfide) groups is 1. The minimum atomic E-state index is 0.0882. The zero-order chi connectivity index (χ0) is 11.4. The summed E-state index contributed by atoms with van der Waals surface area (Å²) in [4.78, 5) is 4.19. The van der Waals surface area contributed by atoms with Gasteiger partial charge in [0.1, 0.15) is 5.40 Å². The third-order valence-electron chi connectivity index (χ3n) is 2.49. The molecule has 0 amide bonds. The maximum Gasteiger partial charge on any atom is 0.164 e. The van der Waals surface area contributed by atoms with E-state index in [2.05, 4.69) is 22.4 Å². The Morgan fingerprint density at radius 3 is 2.75 bits per heavy atom. The van der Waals surface area contributed by atoms with E-state index in [0.29, 0.717) is 0 Å². The van der Waals surface area contributed by atoms with Gasteiger partial charge >= 0.3 is 0 Å². The van der Waals surface area contributed by atoms with E-state index < -0.39 is 0 Å². The summed E-state index contributed by atoms with van der Waals surface area (Å²) in [6.07, 6.45) is 4.03. The molecule has 0 bridgehead atoms. The Kier molecular flexibility index (Phi) is 3.37. The van der Waals surface area contributed by atoms with Crippen LogP contribution in [-0.2, 0) is 6.54 Å². The van der Waals surface area contributed by atoms with Gasteiger partial charge in [-0.1, -0.05) is 30.3 Å². The molecule has 0 spiro atoms. The lowest BCUT2D eigenvalue weighted by Crippen LogP contribution is -2.32. The van der Waals surface area contributed by atoms with E-state index in [0.717, 1.165) is 6.54 Å². The van der Waals surface area contributed by atoms with E-state index in [1.807, 2.05) is 42.5 Å². The largest absolute Gasteiger partial charge is 0.350 e. The van der Waals surface area contributed by atoms with Crippen LogP contribution in [0.2, 0.25) is 0 Å². The molecule has 1 aromatic rings. The second-order valence-corrected chi connectivity index (χ2v) is 4.50. The smallest absolute Gasteiger partial charge is 0.164 e. The van der Waals surface area contributed by atoms with Crippen molar-refractivity contribution in [3.05, 3.63) is 48.3 Å². The first-order valence-corrected chi connectivity index (χ1v) is 5.94. The van der Waals surface area contributed by atoms with Crippen LogP contribution in [0.5, 0.6) is 0 Å². The summed E-state index contributed by atoms with van der Waals surface area (Å²) in [5, 5.41) is 10.9. The highest BCUT2D eigenvalue weighted by Gasteiger charge is 2.23. The summed E-state index contributed by atoms with van der Waals surface area (Å²) in [6, 6.07) is 10.3. The molecule has 0 radical (unpaired) electrons. The molecule has 1 heterocycles. The van der Waals surface area contributed by atoms with Gasteiger partial charge < -0.3 is 9.80 Å². The van der Waals surface area contributed by atoms with Crippen molar-refractivity contribution in [2.24, 2.45) is 0 Å². The third kappa shape index (κ3) is 2.31. The van der Waals surface area contributed by atoms with Gasteiger partial charge in [-0.25, -0.2) is 0 Å². The average molecular weight is 231 g/mol. The highest BCUT2D eigenvalue weighted by molar-refractivity contribution is 8.04. The lowest BCUT2D eigenvalue weighted by atomic mass is 10.2. The predicted octanol–water partition coefficient (Wildman–Crippen LogP) is 2.40. The van der Waals surface area contributed by atoms with Crippen LogP contribution in [0, 0.1) is 10.7 Å². The Morgan fingerprint density at radius 1 is 1.31 bits per heavy atom. The Balaban J connectivity index is 2.05. The molecule has 1 atom stereocenters. The molecule has 0 saturated carbocycles. The average Bonchev–Trinajstić information content (AvgIpc) is 2.64. The van der Waals surface area contributed by atoms with E-state index in [1.54, 1.807) is 0 Å². The van der Waals surface area contributed by atoms with Gasteiger partial charge in [0.25, 0.3) is 0 Å². The Morgan fingerprint density at radius 2 is 2.06 bits per heavy atom. The monoisotopic (exact) mass is 231 g/mol. The summed E-state index contributed by atoms with van der Waals surface area (Å²) >= 11 is 1.27. The summed E-state index contributed by atoms with van der Waals surface area (Å²) in [5.41, 5.74) is 1.34. The molecule has 0 aromatic heterocycles. The Bertz CT molecular complexity index is 410. The molecule has 0 saturated heterocycles. The van der Waals surface area contributed by atoms with Crippen LogP contribution < -0.4 is 0 Å². The van der Waals surface area contributed by atoms with Crippen LogP contribution in [-0.4, -0.2) is 22.3 Å². The summed E-state index contributed by atoms with van der Waals surface area (Å²) in [6.45, 7) is 0.834. The van der Waals surface area contributed by atoms with Crippen molar-refractivity contribution < 1.29 is 0 Å². The number of rotatable bonds is 3. The molecule has 1 unspecified atom stereocenters. The third-order valence-corrected chi connectivity index (χ3v) is 3.41. The first-order chi connectivity index (χ1) is 7.81. The van der Waals surface area contributed by atoms with Gasteiger partial charge in [0.2, 0.25) is 0 Å². The first-order valence-electron chi connectivity index (χ1n) is 5.06. The molecule has 2 rings (SSSR count). The number of hydrogen-bond acceptors (Lipinski definition) is 4. The van der Waals surface area contributed by atoms with Gasteiger partial charge in [-0.3, -0.25) is 0 Å². The molecule has 3 nitrogen and oxygen atoms in total. The summed E-state index contributed by atoms with van der Waals surface area (Å²) in [7, 11) is 1.98. The van der Waals surface area contributed by atoms with Crippen LogP contribution in [0.1, 0.15) is 5.56 Å². The van der Waals surface area contributed by atoms with Crippen molar-refractivity contribution in [3.8, 4) is 5.40 Å². The Hall–Kier alpha value is -1.60. The van der Waals surface area contributed by atoms with Crippen molar-refractivity contribution in [3.63, 3.8) is 0 Å². The van der Waals surface area contributed by atoms with Crippen molar-refractivity contribution in [1.82, 2.24) is 9.80 Å². The normalized spacial score (nSPS) is 18.9. The molecule has 0 aliphatic carbocycles. The fraction of sp³-hybridized carbons (Fsp3) is 0.250. The van der Waals surface area contributed by atoms with Crippen LogP contribution in [0.3, 0.4) is 0 Å². The lowest BCUT2D eigenvalue weighted by molar-refractivity contribution is 0.257. The zero-order valence-corrected chi connectivity index (χ0v) is 9.89. The van der Waals surface area contributed by atoms with Gasteiger partial charge in [-0.05, 0) is 5.56 Å². The SMILES string of the molecule is CN1C=CN(Cc2ccccc2)C1SC#N. The predicted molar refractivity (Wildman–Crippen MR) is 65.9 cm³/mol. The molecule has 1 aliphatic rings. The second kappa shape index (κ2) is 4.95. The maximum atomic E-state index is 8.76. The summed E-state index contributed by atoms with van der Waals surface area (Å²) in [5.74, 6) is 0. The number of hydrogen-bond donors (Lipinski definition) is 0. The molecule has 1 aromatic carbocycles. The van der Waals surface area contributed by atoms with E-state index in [1.165, 1.54) is 17.3 Å². The number of benzene rings is 1. The molecule has 16 heavy (non-hydrogen) atoms. The quantitative estimate of drug-likeness (QED) is 0.747. The van der Waals surface area contributed by atoms with Gasteiger partial charge in [-0.15, -0.1) is 0 Å². The van der Waals surface area contributed by atoms with Crippen LogP contribution >= 0.6 is 11.8 Å². The molecular formula is C12H13N3S. The topological polar surface area (TPSA) is 30.3 Å². The number of nitriles is 1. The highest BCUT2D eigenvalue weighted by atomic mass is 32.2. The molecule has 0 fully saturated rings. The highest BCUT2D eigenvalue weighted by Crippen LogP contribution is 2.25. The zero-order valence-electron chi connectivity index (χ0n) is 9.08. The van der Waals surface area contributed by atoms with Gasteiger partial charge in [0.05, 0.1) is 0 Å². The fourth-order valence-electron chi connectivity index (χ4n) is 1.69. The van der Waals surface area contributed by atoms with Crippen LogP contribution in [0.15, 0.2) is 42.7 Å². The van der Waals surface area contributed by atoms with E-state index in [9.17, 15) is 0 Å². The number of thiocyanates is 1. The summed E-state index contributed by atoms with van der Waals surface area (Å²) < 4.78 is 0. The molecule has 82 valence electrons. The van der Waals surface area contributed by atoms with E-state index >= 15 is 0 Å². The second-order valence-electron chi connectivity index (χ2n) is 3.66. The van der Waals surface area contributed by atoms with Crippen molar-refractivity contribution in [1.29, 1.82) is 5.26 Å². The minimum Gasteiger partial charge on any atom is -0.350 e. The fourth-order valence-corrected chi connectivity index (χ4v) is 2.31. The van der Waals surface area contributed by atoms with Crippen molar-refractivity contribution in [2.45, 2.75) is 12.0 Å². The van der Waals surface area contributed by atoms with Crippen LogP contribution in [0.25, 0.3) is 0 Å². The van der Waals surface area contributed by atoms with Crippen molar-refractivity contribution in [2.75, 3.05) is 7.05 Å². The van der Waals surface area contributed by atoms with Crippen LogP contribution in [0.4, 0.5) is 0 Å². The van der Waals surface area contributed by atoms with Gasteiger partial charge in [-0.2, -0.15) is 5.26 Å². The lowest BCUT2D eigenvalue weighted by Gasteiger charge is -2.27. The van der Waals surface area contributed by atoms with Gasteiger partial charge in [0, 0.05) is 37.8 Å². The Labute approximate surface area is 100.0 Å². The maximum absolute atomic E-state index is 8.76. The molecule has 0 N–H and O–H groups in total. The minimum absolute atomic E-state index is 0.0882. The van der Waals surface area contributed by atoms with E-state index in [4.69, 9.17) is 5.26 Å². The van der Waals surface area contributed by atoms with E-state index in [-0.39, 0.29) is 5.50 Å². The standard InChI is InChI=1S/C12H13N3S/c1-14-7-8-15(12(14)16-10-13)9-11-5-3-2-4-6-11/h2-8,12H,9H2,1H3. The molecule has 4 heteroatoms. The van der Waals surface area contributed by atoms with Gasteiger partial charge in [0.15, 0.2) is 5.50 Å². The molecular weight excluding hydrogens is 218 g/mol. The molecule has 1 aliphatic heterocycles. The first kappa shape index (κ1) is 10.9. The number of nitrogens with zero attached hydrogens (tertiary/aromatic N) is 3. The van der Waals surface area contributed by atoms with Crippen molar-refractivity contribution >= 4 is 11.8 Å².